The number of allylic oxidation sites excluding steroid dienone is 3. The largest absolute Gasteiger partial charge is 0.507 e. The molecule has 1 aliphatic rings. The fourth-order valence-electron chi connectivity index (χ4n) is 1.92. The van der Waals surface area contributed by atoms with Gasteiger partial charge < -0.3 is 10.0 Å². The minimum Gasteiger partial charge on any atom is -0.507 e. The third kappa shape index (κ3) is 3.42. The quantitative estimate of drug-likeness (QED) is 0.897. The number of likely N-dealkylation sites (N-methyl/N-ethyl adjacent to an activating group) is 1. The van der Waals surface area contributed by atoms with Gasteiger partial charge in [0, 0.05) is 12.6 Å². The Morgan fingerprint density at radius 2 is 1.86 bits per heavy atom. The van der Waals surface area contributed by atoms with Crippen molar-refractivity contribution >= 4 is 11.5 Å². The molecule has 0 saturated carbocycles. The molecule has 4 nitrogen and oxygen atoms in total. The van der Waals surface area contributed by atoms with E-state index in [9.17, 15) is 9.50 Å². The van der Waals surface area contributed by atoms with E-state index in [0.717, 1.165) is 0 Å². The molecule has 1 aliphatic heterocycles. The topological polar surface area (TPSA) is 48.2 Å². The van der Waals surface area contributed by atoms with Gasteiger partial charge in [-0.25, -0.2) is 4.39 Å². The molecule has 0 spiro atoms. The molecule has 0 aromatic heterocycles. The zero-order chi connectivity index (χ0) is 16.9. The van der Waals surface area contributed by atoms with Gasteiger partial charge in [0.05, 0.1) is 5.70 Å². The SMILES string of the molecule is C=C/C=C1/C(c2cc(F)c(C)cc2O)=NN=C(C)N1C.CC. The molecular formula is C17H22FN3O. The maximum atomic E-state index is 13.7. The van der Waals surface area contributed by atoms with Crippen LogP contribution in [0.1, 0.15) is 31.9 Å². The lowest BCUT2D eigenvalue weighted by atomic mass is 10.0. The van der Waals surface area contributed by atoms with Crippen molar-refractivity contribution in [3.8, 4) is 5.75 Å². The van der Waals surface area contributed by atoms with Crippen molar-refractivity contribution in [1.82, 2.24) is 4.90 Å². The molecule has 0 unspecified atom stereocenters. The van der Waals surface area contributed by atoms with Crippen LogP contribution in [0.4, 0.5) is 4.39 Å². The van der Waals surface area contributed by atoms with Gasteiger partial charge in [-0.3, -0.25) is 0 Å². The van der Waals surface area contributed by atoms with Crippen LogP contribution in [-0.2, 0) is 0 Å². The molecule has 1 aromatic rings. The molecule has 0 bridgehead atoms. The van der Waals surface area contributed by atoms with Crippen LogP contribution in [0.25, 0.3) is 0 Å². The van der Waals surface area contributed by atoms with Crippen molar-refractivity contribution in [3.63, 3.8) is 0 Å². The second-order valence-corrected chi connectivity index (χ2v) is 4.56. The van der Waals surface area contributed by atoms with E-state index in [1.165, 1.54) is 12.1 Å². The molecule has 0 saturated heterocycles. The Balaban J connectivity index is 0.00000116. The highest BCUT2D eigenvalue weighted by atomic mass is 19.1. The summed E-state index contributed by atoms with van der Waals surface area (Å²) in [6, 6.07) is 2.65. The fourth-order valence-corrected chi connectivity index (χ4v) is 1.92. The number of phenolic OH excluding ortho intramolecular Hbond substituents is 1. The first kappa shape index (κ1) is 17.6. The second kappa shape index (κ2) is 7.54. The third-order valence-electron chi connectivity index (χ3n) is 3.19. The highest BCUT2D eigenvalue weighted by Gasteiger charge is 2.23. The summed E-state index contributed by atoms with van der Waals surface area (Å²) in [4.78, 5) is 1.81. The van der Waals surface area contributed by atoms with E-state index in [1.807, 2.05) is 27.8 Å². The Morgan fingerprint density at radius 3 is 2.45 bits per heavy atom. The van der Waals surface area contributed by atoms with Crippen molar-refractivity contribution in [2.75, 3.05) is 7.05 Å². The van der Waals surface area contributed by atoms with Gasteiger partial charge in [0.25, 0.3) is 0 Å². The van der Waals surface area contributed by atoms with Gasteiger partial charge in [-0.15, -0.1) is 10.2 Å². The molecular weight excluding hydrogens is 281 g/mol. The minimum absolute atomic E-state index is 0.0271. The standard InChI is InChI=1S/C15H16FN3O.C2H6/c1-5-6-13-15(18-17-10(3)19(13)4)11-8-12(16)9(2)7-14(11)20;1-2/h5-8,20H,1H2,2-4H3;1-2H3/b13-6-;. The zero-order valence-electron chi connectivity index (χ0n) is 13.7. The van der Waals surface area contributed by atoms with E-state index in [0.29, 0.717) is 28.4 Å². The first-order valence-electron chi connectivity index (χ1n) is 7.14. The number of rotatable bonds is 2. The summed E-state index contributed by atoms with van der Waals surface area (Å²) in [7, 11) is 1.82. The van der Waals surface area contributed by atoms with E-state index >= 15 is 0 Å². The lowest BCUT2D eigenvalue weighted by molar-refractivity contribution is 0.470. The smallest absolute Gasteiger partial charge is 0.128 e. The van der Waals surface area contributed by atoms with E-state index < -0.39 is 5.82 Å². The van der Waals surface area contributed by atoms with E-state index in [4.69, 9.17) is 0 Å². The average molecular weight is 303 g/mol. The Bertz CT molecular complexity index is 660. The monoisotopic (exact) mass is 303 g/mol. The Labute approximate surface area is 131 Å². The number of hydrogen-bond acceptors (Lipinski definition) is 4. The molecule has 1 aromatic carbocycles. The summed E-state index contributed by atoms with van der Waals surface area (Å²) in [6.45, 7) is 11.1. The number of hydrogen-bond donors (Lipinski definition) is 1. The average Bonchev–Trinajstić information content (AvgIpc) is 2.51. The van der Waals surface area contributed by atoms with Gasteiger partial charge in [0.15, 0.2) is 0 Å². The maximum absolute atomic E-state index is 13.7. The van der Waals surface area contributed by atoms with Crippen molar-refractivity contribution < 1.29 is 9.50 Å². The first-order valence-corrected chi connectivity index (χ1v) is 7.14. The normalized spacial score (nSPS) is 15.7. The summed E-state index contributed by atoms with van der Waals surface area (Å²) in [5, 5.41) is 18.1. The molecule has 1 N–H and O–H groups in total. The van der Waals surface area contributed by atoms with Crippen molar-refractivity contribution in [2.24, 2.45) is 10.2 Å². The number of aromatic hydroxyl groups is 1. The maximum Gasteiger partial charge on any atom is 0.128 e. The number of phenols is 1. The lowest BCUT2D eigenvalue weighted by Gasteiger charge is -2.26. The highest BCUT2D eigenvalue weighted by Crippen LogP contribution is 2.27. The molecule has 0 fully saturated rings. The number of aryl methyl sites for hydroxylation is 1. The van der Waals surface area contributed by atoms with Gasteiger partial charge in [0.2, 0.25) is 0 Å². The lowest BCUT2D eigenvalue weighted by Crippen LogP contribution is -2.31. The third-order valence-corrected chi connectivity index (χ3v) is 3.19. The molecule has 0 aliphatic carbocycles. The Hall–Kier alpha value is -2.43. The summed E-state index contributed by atoms with van der Waals surface area (Å²) in [5.41, 5.74) is 1.80. The molecule has 0 radical (unpaired) electrons. The number of amidine groups is 1. The second-order valence-electron chi connectivity index (χ2n) is 4.56. The molecule has 2 rings (SSSR count). The van der Waals surface area contributed by atoms with Crippen molar-refractivity contribution in [3.05, 3.63) is 53.5 Å². The zero-order valence-corrected chi connectivity index (χ0v) is 13.7. The van der Waals surface area contributed by atoms with Gasteiger partial charge >= 0.3 is 0 Å². The van der Waals surface area contributed by atoms with E-state index in [2.05, 4.69) is 16.8 Å². The van der Waals surface area contributed by atoms with Crippen LogP contribution in [0.2, 0.25) is 0 Å². The summed E-state index contributed by atoms with van der Waals surface area (Å²) in [6.07, 6.45) is 3.36. The van der Waals surface area contributed by atoms with Gasteiger partial charge in [0.1, 0.15) is 23.1 Å². The molecule has 0 amide bonds. The summed E-state index contributed by atoms with van der Waals surface area (Å²) >= 11 is 0. The number of benzene rings is 1. The predicted molar refractivity (Wildman–Crippen MR) is 89.8 cm³/mol. The Morgan fingerprint density at radius 1 is 1.23 bits per heavy atom. The Kier molecular flexibility index (Phi) is 6.04. The van der Waals surface area contributed by atoms with Crippen LogP contribution in [0.3, 0.4) is 0 Å². The first-order chi connectivity index (χ1) is 10.5. The van der Waals surface area contributed by atoms with Gasteiger partial charge in [-0.2, -0.15) is 0 Å². The number of halogens is 1. The highest BCUT2D eigenvalue weighted by molar-refractivity contribution is 6.16. The minimum atomic E-state index is -0.396. The van der Waals surface area contributed by atoms with Gasteiger partial charge in [-0.05, 0) is 37.6 Å². The van der Waals surface area contributed by atoms with Crippen LogP contribution in [0.15, 0.2) is 46.8 Å². The fraction of sp³-hybridized carbons (Fsp3) is 0.294. The van der Waals surface area contributed by atoms with Crippen LogP contribution in [0.5, 0.6) is 5.75 Å². The number of nitrogens with zero attached hydrogens (tertiary/aromatic N) is 3. The van der Waals surface area contributed by atoms with Crippen LogP contribution in [0, 0.1) is 12.7 Å². The molecule has 1 heterocycles. The molecule has 0 atom stereocenters. The molecule has 118 valence electrons. The van der Waals surface area contributed by atoms with E-state index in [-0.39, 0.29) is 5.75 Å². The van der Waals surface area contributed by atoms with Crippen LogP contribution >= 0.6 is 0 Å². The van der Waals surface area contributed by atoms with Crippen molar-refractivity contribution in [1.29, 1.82) is 0 Å². The van der Waals surface area contributed by atoms with Crippen molar-refractivity contribution in [2.45, 2.75) is 27.7 Å². The molecule has 22 heavy (non-hydrogen) atoms. The molecule has 5 heteroatoms. The van der Waals surface area contributed by atoms with Crippen LogP contribution in [-0.4, -0.2) is 28.6 Å². The predicted octanol–water partition coefficient (Wildman–Crippen LogP) is 4.00. The van der Waals surface area contributed by atoms with Gasteiger partial charge in [-0.1, -0.05) is 26.5 Å². The summed E-state index contributed by atoms with van der Waals surface area (Å²) < 4.78 is 13.7. The van der Waals surface area contributed by atoms with E-state index in [1.54, 1.807) is 24.0 Å². The van der Waals surface area contributed by atoms with Crippen LogP contribution < -0.4 is 0 Å². The summed E-state index contributed by atoms with van der Waals surface area (Å²) in [5.74, 6) is 0.280.